The van der Waals surface area contributed by atoms with Crippen molar-refractivity contribution in [1.82, 2.24) is 10.3 Å². The minimum atomic E-state index is -0.769. The monoisotopic (exact) mass is 230 g/mol. The number of hydrogen-bond acceptors (Lipinski definition) is 2. The summed E-state index contributed by atoms with van der Waals surface area (Å²) in [4.78, 5) is 14.2. The third kappa shape index (κ3) is 1.70. The van der Waals surface area contributed by atoms with E-state index in [-0.39, 0.29) is 12.5 Å². The second kappa shape index (κ2) is 3.89. The lowest BCUT2D eigenvalue weighted by Crippen LogP contribution is -2.31. The molecule has 2 aromatic rings. The maximum absolute atomic E-state index is 10.8. The first-order valence-corrected chi connectivity index (χ1v) is 5.80. The number of nitrogens with one attached hydrogen (secondary N) is 2. The smallest absolute Gasteiger partial charge is 0.305 e. The summed E-state index contributed by atoms with van der Waals surface area (Å²) < 4.78 is 0. The van der Waals surface area contributed by atoms with Crippen molar-refractivity contribution in [2.24, 2.45) is 0 Å². The van der Waals surface area contributed by atoms with Gasteiger partial charge in [-0.15, -0.1) is 0 Å². The van der Waals surface area contributed by atoms with Gasteiger partial charge in [0.1, 0.15) is 0 Å². The van der Waals surface area contributed by atoms with E-state index in [1.165, 1.54) is 10.9 Å². The van der Waals surface area contributed by atoms with Crippen LogP contribution in [0.3, 0.4) is 0 Å². The Hall–Kier alpha value is -1.81. The van der Waals surface area contributed by atoms with Crippen molar-refractivity contribution in [2.45, 2.75) is 18.9 Å². The summed E-state index contributed by atoms with van der Waals surface area (Å²) in [5.74, 6) is -0.769. The predicted molar refractivity (Wildman–Crippen MR) is 65.0 cm³/mol. The van der Waals surface area contributed by atoms with Gasteiger partial charge in [-0.1, -0.05) is 18.2 Å². The Bertz CT molecular complexity index is 574. The van der Waals surface area contributed by atoms with E-state index < -0.39 is 5.97 Å². The van der Waals surface area contributed by atoms with Gasteiger partial charge in [0.2, 0.25) is 0 Å². The summed E-state index contributed by atoms with van der Waals surface area (Å²) in [6, 6.07) is 8.04. The van der Waals surface area contributed by atoms with Crippen molar-refractivity contribution in [3.63, 3.8) is 0 Å². The Kier molecular flexibility index (Phi) is 2.37. The fourth-order valence-corrected chi connectivity index (χ4v) is 2.61. The summed E-state index contributed by atoms with van der Waals surface area (Å²) in [6.07, 6.45) is 1.08. The van der Waals surface area contributed by atoms with Crippen LogP contribution >= 0.6 is 0 Å². The second-order valence-corrected chi connectivity index (χ2v) is 4.42. The van der Waals surface area contributed by atoms with Crippen LogP contribution < -0.4 is 5.32 Å². The predicted octanol–water partition coefficient (Wildman–Crippen LogP) is 1.83. The maximum Gasteiger partial charge on any atom is 0.305 e. The zero-order chi connectivity index (χ0) is 11.8. The minimum Gasteiger partial charge on any atom is -0.481 e. The fourth-order valence-electron chi connectivity index (χ4n) is 2.61. The largest absolute Gasteiger partial charge is 0.481 e. The molecule has 0 spiro atoms. The van der Waals surface area contributed by atoms with Gasteiger partial charge in [-0.3, -0.25) is 4.79 Å². The average molecular weight is 230 g/mol. The molecule has 1 aliphatic rings. The molecule has 0 saturated heterocycles. The number of aliphatic carboxylic acids is 1. The number of H-pyrrole nitrogens is 1. The Morgan fingerprint density at radius 1 is 1.41 bits per heavy atom. The molecule has 0 fully saturated rings. The summed E-state index contributed by atoms with van der Waals surface area (Å²) >= 11 is 0. The number of carbonyl (C=O) groups is 1. The number of fused-ring (bicyclic) bond motifs is 3. The van der Waals surface area contributed by atoms with Crippen LogP contribution in [0.5, 0.6) is 0 Å². The molecule has 1 aromatic carbocycles. The molecule has 3 rings (SSSR count). The minimum absolute atomic E-state index is 0.0938. The van der Waals surface area contributed by atoms with Crippen LogP contribution in [0.25, 0.3) is 10.9 Å². The molecular weight excluding hydrogens is 216 g/mol. The quantitative estimate of drug-likeness (QED) is 0.737. The van der Waals surface area contributed by atoms with E-state index in [2.05, 4.69) is 16.4 Å². The standard InChI is InChI=1S/C13H14N2O2/c16-12(17)7-11-13-9(5-6-14-11)8-3-1-2-4-10(8)15-13/h1-4,11,14-15H,5-7H2,(H,16,17). The molecule has 17 heavy (non-hydrogen) atoms. The number of aromatic amines is 1. The van der Waals surface area contributed by atoms with Crippen molar-refractivity contribution >= 4 is 16.9 Å². The normalized spacial score (nSPS) is 19.2. The summed E-state index contributed by atoms with van der Waals surface area (Å²) in [5, 5.41) is 13.4. The first-order chi connectivity index (χ1) is 8.25. The molecule has 4 heteroatoms. The van der Waals surface area contributed by atoms with Gasteiger partial charge in [0.25, 0.3) is 0 Å². The maximum atomic E-state index is 10.8. The highest BCUT2D eigenvalue weighted by Gasteiger charge is 2.25. The molecule has 2 heterocycles. The molecular formula is C13H14N2O2. The van der Waals surface area contributed by atoms with Crippen LogP contribution in [0, 0.1) is 0 Å². The molecule has 1 unspecified atom stereocenters. The topological polar surface area (TPSA) is 65.1 Å². The van der Waals surface area contributed by atoms with Crippen LogP contribution in [-0.4, -0.2) is 22.6 Å². The summed E-state index contributed by atoms with van der Waals surface area (Å²) in [7, 11) is 0. The molecule has 88 valence electrons. The Labute approximate surface area is 98.6 Å². The lowest BCUT2D eigenvalue weighted by Gasteiger charge is -2.22. The molecule has 0 aliphatic carbocycles. The highest BCUT2D eigenvalue weighted by molar-refractivity contribution is 5.85. The SMILES string of the molecule is O=C(O)CC1NCCc2c1[nH]c1ccccc21. The number of rotatable bonds is 2. The first-order valence-electron chi connectivity index (χ1n) is 5.80. The molecule has 1 aliphatic heterocycles. The zero-order valence-corrected chi connectivity index (χ0v) is 9.36. The van der Waals surface area contributed by atoms with Crippen molar-refractivity contribution in [2.75, 3.05) is 6.54 Å². The Morgan fingerprint density at radius 3 is 3.06 bits per heavy atom. The number of para-hydroxylation sites is 1. The van der Waals surface area contributed by atoms with Crippen LogP contribution in [-0.2, 0) is 11.2 Å². The number of carboxylic acid groups (broad SMARTS) is 1. The molecule has 0 amide bonds. The van der Waals surface area contributed by atoms with Crippen LogP contribution in [0.4, 0.5) is 0 Å². The Balaban J connectivity index is 2.10. The summed E-state index contributed by atoms with van der Waals surface area (Å²) in [6.45, 7) is 0.840. The first kappa shape index (κ1) is 10.4. The highest BCUT2D eigenvalue weighted by atomic mass is 16.4. The van der Waals surface area contributed by atoms with E-state index in [4.69, 9.17) is 5.11 Å². The highest BCUT2D eigenvalue weighted by Crippen LogP contribution is 2.31. The van der Waals surface area contributed by atoms with Crippen LogP contribution in [0.1, 0.15) is 23.7 Å². The van der Waals surface area contributed by atoms with E-state index in [0.717, 1.165) is 24.2 Å². The lowest BCUT2D eigenvalue weighted by molar-refractivity contribution is -0.137. The van der Waals surface area contributed by atoms with E-state index in [0.29, 0.717) is 0 Å². The molecule has 4 nitrogen and oxygen atoms in total. The molecule has 0 bridgehead atoms. The van der Waals surface area contributed by atoms with Crippen molar-refractivity contribution in [1.29, 1.82) is 0 Å². The third-order valence-electron chi connectivity index (χ3n) is 3.34. The molecule has 1 atom stereocenters. The molecule has 0 saturated carbocycles. The van der Waals surface area contributed by atoms with Crippen LogP contribution in [0.2, 0.25) is 0 Å². The van der Waals surface area contributed by atoms with Gasteiger partial charge >= 0.3 is 5.97 Å². The number of hydrogen-bond donors (Lipinski definition) is 3. The van der Waals surface area contributed by atoms with Crippen molar-refractivity contribution in [3.8, 4) is 0 Å². The number of benzene rings is 1. The van der Waals surface area contributed by atoms with Gasteiger partial charge in [-0.25, -0.2) is 0 Å². The molecule has 1 aromatic heterocycles. The molecule has 3 N–H and O–H groups in total. The lowest BCUT2D eigenvalue weighted by atomic mass is 9.97. The van der Waals surface area contributed by atoms with Gasteiger partial charge in [-0.2, -0.15) is 0 Å². The third-order valence-corrected chi connectivity index (χ3v) is 3.34. The van der Waals surface area contributed by atoms with Crippen LogP contribution in [0.15, 0.2) is 24.3 Å². The van der Waals surface area contributed by atoms with Crippen molar-refractivity contribution < 1.29 is 9.90 Å². The number of aromatic nitrogens is 1. The zero-order valence-electron chi connectivity index (χ0n) is 9.36. The average Bonchev–Trinajstić information content (AvgIpc) is 2.68. The van der Waals surface area contributed by atoms with Crippen molar-refractivity contribution in [3.05, 3.63) is 35.5 Å². The molecule has 0 radical (unpaired) electrons. The van der Waals surface area contributed by atoms with Gasteiger partial charge < -0.3 is 15.4 Å². The Morgan fingerprint density at radius 2 is 2.24 bits per heavy atom. The van der Waals surface area contributed by atoms with E-state index in [1.807, 2.05) is 18.2 Å². The van der Waals surface area contributed by atoms with E-state index >= 15 is 0 Å². The van der Waals surface area contributed by atoms with E-state index in [1.54, 1.807) is 0 Å². The fraction of sp³-hybridized carbons (Fsp3) is 0.308. The van der Waals surface area contributed by atoms with Gasteiger partial charge in [0.05, 0.1) is 12.5 Å². The number of carboxylic acids is 1. The summed E-state index contributed by atoms with van der Waals surface area (Å²) in [5.41, 5.74) is 3.40. The second-order valence-electron chi connectivity index (χ2n) is 4.42. The van der Waals surface area contributed by atoms with Gasteiger partial charge in [0.15, 0.2) is 0 Å². The van der Waals surface area contributed by atoms with Gasteiger partial charge in [-0.05, 0) is 24.6 Å². The van der Waals surface area contributed by atoms with E-state index in [9.17, 15) is 4.79 Å². The van der Waals surface area contributed by atoms with Gasteiger partial charge in [0, 0.05) is 16.6 Å².